The fourth-order valence-corrected chi connectivity index (χ4v) is 4.21. The van der Waals surface area contributed by atoms with E-state index in [9.17, 15) is 22.8 Å². The van der Waals surface area contributed by atoms with E-state index in [0.717, 1.165) is 6.26 Å². The van der Waals surface area contributed by atoms with Gasteiger partial charge in [0.25, 0.3) is 11.8 Å². The lowest BCUT2D eigenvalue weighted by atomic mass is 10.2. The second-order valence-corrected chi connectivity index (χ2v) is 8.77. The number of amides is 2. The van der Waals surface area contributed by atoms with Gasteiger partial charge in [0.2, 0.25) is 10.0 Å². The van der Waals surface area contributed by atoms with Crippen LogP contribution >= 0.6 is 0 Å². The first-order valence-corrected chi connectivity index (χ1v) is 10.9. The summed E-state index contributed by atoms with van der Waals surface area (Å²) in [5.74, 6) is -1.24. The number of hydrogen-bond acceptors (Lipinski definition) is 7. The molecule has 3 heterocycles. The van der Waals surface area contributed by atoms with Crippen molar-refractivity contribution in [3.8, 4) is 0 Å². The number of carbonyl (C=O) groups is 3. The van der Waals surface area contributed by atoms with Gasteiger partial charge in [-0.1, -0.05) is 0 Å². The summed E-state index contributed by atoms with van der Waals surface area (Å²) >= 11 is 0. The molecule has 1 aromatic rings. The molecule has 2 saturated heterocycles. The molecule has 2 amide bonds. The highest BCUT2D eigenvalue weighted by atomic mass is 32.2. The highest BCUT2D eigenvalue weighted by Gasteiger charge is 2.37. The Bertz CT molecular complexity index is 829. The fraction of sp³-hybridized carbons (Fsp3) is 0.588. The van der Waals surface area contributed by atoms with Crippen LogP contribution in [0.5, 0.6) is 0 Å². The van der Waals surface area contributed by atoms with E-state index in [1.54, 1.807) is 6.07 Å². The Balaban J connectivity index is 1.50. The van der Waals surface area contributed by atoms with Crippen LogP contribution in [0.25, 0.3) is 0 Å². The molecule has 0 spiro atoms. The number of esters is 1. The van der Waals surface area contributed by atoms with E-state index in [-0.39, 0.29) is 43.8 Å². The monoisotopic (exact) mass is 413 g/mol. The maximum absolute atomic E-state index is 12.4. The summed E-state index contributed by atoms with van der Waals surface area (Å²) in [6, 6.07) is 2.38. The van der Waals surface area contributed by atoms with Crippen LogP contribution in [0.4, 0.5) is 0 Å². The van der Waals surface area contributed by atoms with Gasteiger partial charge in [-0.3, -0.25) is 9.59 Å². The number of ether oxygens (including phenoxy) is 1. The van der Waals surface area contributed by atoms with Gasteiger partial charge in [-0.05, 0) is 25.0 Å². The highest BCUT2D eigenvalue weighted by molar-refractivity contribution is 7.88. The number of carbonyl (C=O) groups excluding carboxylic acids is 3. The third kappa shape index (κ3) is 4.53. The minimum absolute atomic E-state index is 0.152. The molecule has 2 fully saturated rings. The first-order valence-electron chi connectivity index (χ1n) is 9.01. The lowest BCUT2D eigenvalue weighted by molar-refractivity contribution is -0.155. The molecule has 1 atom stereocenters. The van der Waals surface area contributed by atoms with Gasteiger partial charge in [0.1, 0.15) is 6.04 Å². The zero-order valence-electron chi connectivity index (χ0n) is 15.6. The van der Waals surface area contributed by atoms with Crippen molar-refractivity contribution in [3.63, 3.8) is 0 Å². The summed E-state index contributed by atoms with van der Waals surface area (Å²) in [6.45, 7) is 0.906. The summed E-state index contributed by atoms with van der Waals surface area (Å²) in [5, 5.41) is 0. The third-order valence-electron chi connectivity index (χ3n) is 4.92. The second-order valence-electron chi connectivity index (χ2n) is 6.78. The van der Waals surface area contributed by atoms with Crippen molar-refractivity contribution in [2.45, 2.75) is 18.9 Å². The van der Waals surface area contributed by atoms with Crippen molar-refractivity contribution in [1.29, 1.82) is 0 Å². The Morgan fingerprint density at radius 1 is 1.18 bits per heavy atom. The fourth-order valence-electron chi connectivity index (χ4n) is 3.39. The molecule has 2 aliphatic rings. The van der Waals surface area contributed by atoms with E-state index >= 15 is 0 Å². The van der Waals surface area contributed by atoms with E-state index in [0.29, 0.717) is 19.4 Å². The van der Waals surface area contributed by atoms with Gasteiger partial charge in [-0.2, -0.15) is 4.31 Å². The van der Waals surface area contributed by atoms with Crippen LogP contribution in [0, 0.1) is 0 Å². The van der Waals surface area contributed by atoms with Crippen molar-refractivity contribution < 1.29 is 32.0 Å². The second kappa shape index (κ2) is 8.31. The Labute approximate surface area is 163 Å². The standard InChI is InChI=1S/C17H23N3O7S/c1-28(24,25)19-9-7-18(8-10-19)15(21)12-27-17(23)13-4-2-6-20(13)16(22)14-5-3-11-26-14/h3,5,11,13H,2,4,6-10,12H2,1H3/t13-/m0/s1. The van der Waals surface area contributed by atoms with E-state index in [1.165, 1.54) is 26.4 Å². The molecule has 1 aromatic heterocycles. The van der Waals surface area contributed by atoms with Gasteiger partial charge in [0.15, 0.2) is 12.4 Å². The quantitative estimate of drug-likeness (QED) is 0.599. The SMILES string of the molecule is CS(=O)(=O)N1CCN(C(=O)COC(=O)[C@@H]2CCCN2C(=O)c2ccco2)CC1. The predicted octanol–water partition coefficient (Wildman–Crippen LogP) is -0.469. The highest BCUT2D eigenvalue weighted by Crippen LogP contribution is 2.21. The van der Waals surface area contributed by atoms with Crippen LogP contribution in [0.3, 0.4) is 0 Å². The number of hydrogen-bond donors (Lipinski definition) is 0. The summed E-state index contributed by atoms with van der Waals surface area (Å²) in [7, 11) is -3.28. The van der Waals surface area contributed by atoms with Gasteiger partial charge in [0, 0.05) is 32.7 Å². The summed E-state index contributed by atoms with van der Waals surface area (Å²) in [5.41, 5.74) is 0. The molecule has 11 heteroatoms. The number of nitrogens with zero attached hydrogens (tertiary/aromatic N) is 3. The largest absolute Gasteiger partial charge is 0.459 e. The lowest BCUT2D eigenvalue weighted by Crippen LogP contribution is -2.51. The Morgan fingerprint density at radius 2 is 1.89 bits per heavy atom. The molecule has 0 N–H and O–H groups in total. The van der Waals surface area contributed by atoms with Crippen molar-refractivity contribution in [2.75, 3.05) is 45.6 Å². The first-order chi connectivity index (χ1) is 13.3. The molecular weight excluding hydrogens is 390 g/mol. The first kappa shape index (κ1) is 20.3. The van der Waals surface area contributed by atoms with Crippen LogP contribution in [0.15, 0.2) is 22.8 Å². The van der Waals surface area contributed by atoms with E-state index in [1.807, 2.05) is 0 Å². The van der Waals surface area contributed by atoms with E-state index in [4.69, 9.17) is 9.15 Å². The van der Waals surface area contributed by atoms with Gasteiger partial charge in [0.05, 0.1) is 12.5 Å². The number of rotatable bonds is 5. The van der Waals surface area contributed by atoms with Crippen LogP contribution < -0.4 is 0 Å². The molecular formula is C17H23N3O7S. The summed E-state index contributed by atoms with van der Waals surface area (Å²) in [6.07, 6.45) is 3.64. The van der Waals surface area contributed by atoms with Gasteiger partial charge < -0.3 is 19.0 Å². The number of sulfonamides is 1. The average Bonchev–Trinajstić information content (AvgIpc) is 3.36. The molecule has 154 valence electrons. The smallest absolute Gasteiger partial charge is 0.329 e. The van der Waals surface area contributed by atoms with Crippen molar-refractivity contribution >= 4 is 27.8 Å². The van der Waals surface area contributed by atoms with Gasteiger partial charge in [-0.15, -0.1) is 0 Å². The normalized spacial score (nSPS) is 21.0. The molecule has 10 nitrogen and oxygen atoms in total. The molecule has 3 rings (SSSR count). The average molecular weight is 413 g/mol. The van der Waals surface area contributed by atoms with Gasteiger partial charge in [-0.25, -0.2) is 13.2 Å². The zero-order chi connectivity index (χ0) is 20.3. The summed E-state index contributed by atoms with van der Waals surface area (Å²) < 4.78 is 34.6. The molecule has 0 saturated carbocycles. The molecule has 0 radical (unpaired) electrons. The molecule has 0 unspecified atom stereocenters. The van der Waals surface area contributed by atoms with Crippen LogP contribution in [0.1, 0.15) is 23.4 Å². The van der Waals surface area contributed by atoms with Crippen molar-refractivity contribution in [2.24, 2.45) is 0 Å². The Kier molecular flexibility index (Phi) is 6.04. The maximum Gasteiger partial charge on any atom is 0.329 e. The number of furan rings is 1. The van der Waals surface area contributed by atoms with Gasteiger partial charge >= 0.3 is 5.97 Å². The van der Waals surface area contributed by atoms with Crippen LogP contribution in [0.2, 0.25) is 0 Å². The van der Waals surface area contributed by atoms with Crippen molar-refractivity contribution in [1.82, 2.24) is 14.1 Å². The van der Waals surface area contributed by atoms with Crippen LogP contribution in [-0.2, 0) is 24.3 Å². The molecule has 0 aromatic carbocycles. The number of piperazine rings is 1. The number of likely N-dealkylation sites (tertiary alicyclic amines) is 1. The minimum atomic E-state index is -3.28. The zero-order valence-corrected chi connectivity index (χ0v) is 16.4. The predicted molar refractivity (Wildman–Crippen MR) is 96.7 cm³/mol. The topological polar surface area (TPSA) is 117 Å². The molecule has 0 bridgehead atoms. The summed E-state index contributed by atoms with van der Waals surface area (Å²) in [4.78, 5) is 39.9. The third-order valence-corrected chi connectivity index (χ3v) is 6.22. The Hall–Kier alpha value is -2.40. The molecule has 0 aliphatic carbocycles. The molecule has 28 heavy (non-hydrogen) atoms. The Morgan fingerprint density at radius 3 is 2.50 bits per heavy atom. The van der Waals surface area contributed by atoms with Crippen LogP contribution in [-0.4, -0.2) is 91.9 Å². The van der Waals surface area contributed by atoms with Crippen molar-refractivity contribution in [3.05, 3.63) is 24.2 Å². The lowest BCUT2D eigenvalue weighted by Gasteiger charge is -2.33. The minimum Gasteiger partial charge on any atom is -0.459 e. The van der Waals surface area contributed by atoms with E-state index < -0.39 is 28.6 Å². The van der Waals surface area contributed by atoms with E-state index in [2.05, 4.69) is 0 Å². The maximum atomic E-state index is 12.4. The molecule has 2 aliphatic heterocycles.